The molecular weight excluding hydrogens is 192 g/mol. The highest BCUT2D eigenvalue weighted by Gasteiger charge is 2.44. The highest BCUT2D eigenvalue weighted by atomic mass is 16.4. The van der Waals surface area contributed by atoms with Gasteiger partial charge >= 0.3 is 5.97 Å². The van der Waals surface area contributed by atoms with Crippen molar-refractivity contribution in [2.24, 2.45) is 11.8 Å². The molecule has 0 aliphatic carbocycles. The van der Waals surface area contributed by atoms with E-state index in [1.807, 2.05) is 0 Å². The van der Waals surface area contributed by atoms with Gasteiger partial charge in [0.15, 0.2) is 0 Å². The Morgan fingerprint density at radius 3 is 2.60 bits per heavy atom. The molecule has 0 aromatic carbocycles. The number of rotatable bonds is 1. The van der Waals surface area contributed by atoms with Gasteiger partial charge in [-0.1, -0.05) is 0 Å². The van der Waals surface area contributed by atoms with E-state index in [1.165, 1.54) is 0 Å². The lowest BCUT2D eigenvalue weighted by atomic mass is 9.87. The lowest BCUT2D eigenvalue weighted by Gasteiger charge is -2.22. The van der Waals surface area contributed by atoms with Crippen LogP contribution in [0.15, 0.2) is 0 Å². The first-order valence-electron chi connectivity index (χ1n) is 5.71. The molecule has 2 fully saturated rings. The quantitative estimate of drug-likeness (QED) is 0.681. The molecule has 2 heterocycles. The smallest absolute Gasteiger partial charge is 0.308 e. The summed E-state index contributed by atoms with van der Waals surface area (Å²) < 4.78 is 0. The summed E-state index contributed by atoms with van der Waals surface area (Å²) in [6.07, 6.45) is 2.14. The minimum absolute atomic E-state index is 0.147. The van der Waals surface area contributed by atoms with E-state index < -0.39 is 5.97 Å². The summed E-state index contributed by atoms with van der Waals surface area (Å²) in [6, 6.07) is 0.482. The fraction of sp³-hybridized carbons (Fsp3) is 0.909. The van der Waals surface area contributed by atoms with Crippen molar-refractivity contribution in [2.45, 2.75) is 18.9 Å². The Morgan fingerprint density at radius 2 is 1.93 bits per heavy atom. The molecule has 2 aliphatic heterocycles. The molecule has 2 saturated heterocycles. The number of carbonyl (C=O) groups is 1. The van der Waals surface area contributed by atoms with Crippen LogP contribution in [0.5, 0.6) is 0 Å². The molecule has 2 aliphatic rings. The van der Waals surface area contributed by atoms with E-state index >= 15 is 0 Å². The molecule has 0 saturated carbocycles. The zero-order valence-corrected chi connectivity index (χ0v) is 9.52. The van der Waals surface area contributed by atoms with Gasteiger partial charge in [0, 0.05) is 12.6 Å². The highest BCUT2D eigenvalue weighted by molar-refractivity contribution is 5.71. The van der Waals surface area contributed by atoms with E-state index in [0.717, 1.165) is 32.5 Å². The van der Waals surface area contributed by atoms with Gasteiger partial charge in [-0.25, -0.2) is 0 Å². The second-order valence-corrected chi connectivity index (χ2v) is 5.00. The molecule has 1 N–H and O–H groups in total. The number of hydrogen-bond donors (Lipinski definition) is 1. The Kier molecular flexibility index (Phi) is 2.98. The molecular formula is C11H20N2O2. The zero-order valence-electron chi connectivity index (χ0n) is 9.52. The van der Waals surface area contributed by atoms with Crippen LogP contribution in [0.1, 0.15) is 12.8 Å². The zero-order chi connectivity index (χ0) is 11.0. The van der Waals surface area contributed by atoms with Crippen LogP contribution in [0.2, 0.25) is 0 Å². The molecule has 4 heteroatoms. The number of carboxylic acid groups (broad SMARTS) is 1. The van der Waals surface area contributed by atoms with E-state index in [1.54, 1.807) is 0 Å². The Morgan fingerprint density at radius 1 is 1.27 bits per heavy atom. The molecule has 0 amide bonds. The number of nitrogens with zero attached hydrogens (tertiary/aromatic N) is 2. The molecule has 0 aromatic heterocycles. The van der Waals surface area contributed by atoms with Crippen molar-refractivity contribution < 1.29 is 9.90 Å². The van der Waals surface area contributed by atoms with Crippen molar-refractivity contribution in [3.8, 4) is 0 Å². The molecule has 3 unspecified atom stereocenters. The van der Waals surface area contributed by atoms with E-state index in [9.17, 15) is 9.90 Å². The van der Waals surface area contributed by atoms with Crippen molar-refractivity contribution in [2.75, 3.05) is 33.7 Å². The second-order valence-electron chi connectivity index (χ2n) is 5.00. The number of carboxylic acids is 1. The van der Waals surface area contributed by atoms with Crippen LogP contribution in [0.3, 0.4) is 0 Å². The average Bonchev–Trinajstić information content (AvgIpc) is 2.35. The van der Waals surface area contributed by atoms with E-state index in [0.29, 0.717) is 12.0 Å². The topological polar surface area (TPSA) is 43.8 Å². The molecule has 0 radical (unpaired) electrons. The summed E-state index contributed by atoms with van der Waals surface area (Å²) in [5.41, 5.74) is 0. The maximum Gasteiger partial charge on any atom is 0.308 e. The fourth-order valence-corrected chi connectivity index (χ4v) is 3.10. The highest BCUT2D eigenvalue weighted by Crippen LogP contribution is 2.35. The van der Waals surface area contributed by atoms with E-state index in [2.05, 4.69) is 23.9 Å². The van der Waals surface area contributed by atoms with Gasteiger partial charge in [0.1, 0.15) is 0 Å². The van der Waals surface area contributed by atoms with Crippen molar-refractivity contribution in [1.82, 2.24) is 9.80 Å². The minimum Gasteiger partial charge on any atom is -0.481 e. The first-order chi connectivity index (χ1) is 7.09. The molecule has 0 bridgehead atoms. The summed E-state index contributed by atoms with van der Waals surface area (Å²) in [4.78, 5) is 15.7. The third-order valence-electron chi connectivity index (χ3n) is 4.03. The predicted octanol–water partition coefficient (Wildman–Crippen LogP) is 0.343. The van der Waals surface area contributed by atoms with E-state index in [-0.39, 0.29) is 5.92 Å². The normalized spacial score (nSPS) is 38.7. The lowest BCUT2D eigenvalue weighted by Crippen LogP contribution is -2.30. The third-order valence-corrected chi connectivity index (χ3v) is 4.03. The van der Waals surface area contributed by atoms with Crippen LogP contribution in [-0.4, -0.2) is 60.6 Å². The molecule has 0 spiro atoms. The monoisotopic (exact) mass is 212 g/mol. The van der Waals surface area contributed by atoms with E-state index in [4.69, 9.17) is 0 Å². The first kappa shape index (κ1) is 10.9. The molecule has 0 aromatic rings. The lowest BCUT2D eigenvalue weighted by molar-refractivity contribution is -0.142. The standard InChI is InChI=1S/C11H20N2O2/c1-12-5-3-8-9(11(14)15)7-13(2)10(8)4-6-12/h8-10H,3-7H2,1-2H3,(H,14,15). The summed E-state index contributed by atoms with van der Waals surface area (Å²) in [5, 5.41) is 9.19. The van der Waals surface area contributed by atoms with Gasteiger partial charge in [0.2, 0.25) is 0 Å². The van der Waals surface area contributed by atoms with Crippen molar-refractivity contribution in [1.29, 1.82) is 0 Å². The molecule has 15 heavy (non-hydrogen) atoms. The van der Waals surface area contributed by atoms with Crippen molar-refractivity contribution in [3.05, 3.63) is 0 Å². The summed E-state index contributed by atoms with van der Waals surface area (Å²) in [5.74, 6) is -0.400. The average molecular weight is 212 g/mol. The van der Waals surface area contributed by atoms with Crippen LogP contribution in [-0.2, 0) is 4.79 Å². The van der Waals surface area contributed by atoms with Gasteiger partial charge in [-0.05, 0) is 45.9 Å². The number of fused-ring (bicyclic) bond motifs is 1. The number of aliphatic carboxylic acids is 1. The third kappa shape index (κ3) is 2.01. The van der Waals surface area contributed by atoms with Gasteiger partial charge in [-0.15, -0.1) is 0 Å². The summed E-state index contributed by atoms with van der Waals surface area (Å²) in [6.45, 7) is 2.87. The van der Waals surface area contributed by atoms with Gasteiger partial charge < -0.3 is 14.9 Å². The maximum atomic E-state index is 11.2. The molecule has 4 nitrogen and oxygen atoms in total. The largest absolute Gasteiger partial charge is 0.481 e. The Labute approximate surface area is 90.9 Å². The SMILES string of the molecule is CN1CCC2C(C(=O)O)CN(C)C2CC1. The Bertz CT molecular complexity index is 257. The first-order valence-corrected chi connectivity index (χ1v) is 5.71. The minimum atomic E-state index is -0.612. The van der Waals surface area contributed by atoms with Crippen LogP contribution in [0, 0.1) is 11.8 Å². The van der Waals surface area contributed by atoms with Gasteiger partial charge in [0.05, 0.1) is 5.92 Å². The molecule has 86 valence electrons. The van der Waals surface area contributed by atoms with Crippen LogP contribution in [0.4, 0.5) is 0 Å². The molecule has 3 atom stereocenters. The molecule has 2 rings (SSSR count). The van der Waals surface area contributed by atoms with Crippen LogP contribution >= 0.6 is 0 Å². The fourth-order valence-electron chi connectivity index (χ4n) is 3.10. The van der Waals surface area contributed by atoms with Crippen molar-refractivity contribution in [3.63, 3.8) is 0 Å². The van der Waals surface area contributed by atoms with Gasteiger partial charge in [0.25, 0.3) is 0 Å². The Hall–Kier alpha value is -0.610. The maximum absolute atomic E-state index is 11.2. The summed E-state index contributed by atoms with van der Waals surface area (Å²) >= 11 is 0. The van der Waals surface area contributed by atoms with Crippen LogP contribution < -0.4 is 0 Å². The van der Waals surface area contributed by atoms with Crippen LogP contribution in [0.25, 0.3) is 0 Å². The van der Waals surface area contributed by atoms with Gasteiger partial charge in [-0.3, -0.25) is 4.79 Å². The Balaban J connectivity index is 2.12. The number of likely N-dealkylation sites (tertiary alicyclic amines) is 2. The van der Waals surface area contributed by atoms with Gasteiger partial charge in [-0.2, -0.15) is 0 Å². The number of hydrogen-bond acceptors (Lipinski definition) is 3. The predicted molar refractivity (Wildman–Crippen MR) is 57.8 cm³/mol. The second kappa shape index (κ2) is 4.10. The summed E-state index contributed by atoms with van der Waals surface area (Å²) in [7, 11) is 4.18. The van der Waals surface area contributed by atoms with Crippen molar-refractivity contribution >= 4 is 5.97 Å².